The van der Waals surface area contributed by atoms with Crippen molar-refractivity contribution in [2.24, 2.45) is 0 Å². The molecule has 1 aromatic heterocycles. The molecule has 0 aliphatic carbocycles. The molecule has 0 spiro atoms. The summed E-state index contributed by atoms with van der Waals surface area (Å²) in [4.78, 5) is 14.5. The summed E-state index contributed by atoms with van der Waals surface area (Å²) in [7, 11) is -6.10. The average molecular weight is 758 g/mol. The van der Waals surface area contributed by atoms with Crippen molar-refractivity contribution < 1.29 is 25.8 Å². The minimum Gasteiger partial charge on any atom is -0.375 e. The second-order valence-electron chi connectivity index (χ2n) is 13.5. The molecular formula is C46H26F3N3O3S. The minimum absolute atomic E-state index is 0.0520. The van der Waals surface area contributed by atoms with Gasteiger partial charge < -0.3 is 4.18 Å². The van der Waals surface area contributed by atoms with Crippen molar-refractivity contribution in [3.8, 4) is 39.9 Å². The van der Waals surface area contributed by atoms with E-state index in [1.807, 2.05) is 121 Å². The zero-order valence-corrected chi connectivity index (χ0v) is 29.9. The summed E-state index contributed by atoms with van der Waals surface area (Å²) in [5.41, 5.74) is -4.50. The fraction of sp³-hybridized carbons (Fsp3) is 0.0217. The molecule has 10 aromatic rings. The molecule has 6 nitrogen and oxygen atoms in total. The summed E-state index contributed by atoms with van der Waals surface area (Å²) in [5.74, 6) is -0.158. The minimum atomic E-state index is -6.10. The number of alkyl halides is 3. The first-order chi connectivity index (χ1) is 27.1. The predicted octanol–water partition coefficient (Wildman–Crippen LogP) is 12.0. The van der Waals surface area contributed by atoms with Crippen LogP contribution in [-0.2, 0) is 10.1 Å². The third-order valence-corrected chi connectivity index (χ3v) is 11.2. The van der Waals surface area contributed by atoms with Gasteiger partial charge in [0.2, 0.25) is 0 Å². The Balaban J connectivity index is 1.28. The Morgan fingerprint density at radius 1 is 0.393 bits per heavy atom. The molecule has 9 aromatic carbocycles. The standard InChI is InChI=1S/C46H26F3N3O3S/c47-46(48,49)56(53,54)55-42-26-40-36-21-11-8-17-32(36)31-16-7-10-20-35(31)39(40)25-41(42)45-51-43(27-12-2-1-3-13-27)50-44(52-45)28-22-23-37-33-18-5-4-14-29(33)30-15-6-9-19-34(30)38(37)24-28/h1-26H. The van der Waals surface area contributed by atoms with E-state index in [0.29, 0.717) is 27.3 Å². The summed E-state index contributed by atoms with van der Waals surface area (Å²) in [6, 6.07) is 49.4. The molecule has 0 aliphatic rings. The lowest BCUT2D eigenvalue weighted by Crippen LogP contribution is -2.28. The van der Waals surface area contributed by atoms with Crippen LogP contribution in [0.5, 0.6) is 5.75 Å². The summed E-state index contributed by atoms with van der Waals surface area (Å²) < 4.78 is 72.4. The molecule has 0 amide bonds. The van der Waals surface area contributed by atoms with E-state index in [1.54, 1.807) is 6.07 Å². The smallest absolute Gasteiger partial charge is 0.375 e. The molecule has 0 fully saturated rings. The molecule has 0 bridgehead atoms. The van der Waals surface area contributed by atoms with Crippen LogP contribution in [0.4, 0.5) is 13.2 Å². The molecule has 0 aliphatic heterocycles. The zero-order valence-electron chi connectivity index (χ0n) is 29.1. The number of rotatable bonds is 5. The van der Waals surface area contributed by atoms with Gasteiger partial charge in [-0.1, -0.05) is 140 Å². The Morgan fingerprint density at radius 2 is 0.768 bits per heavy atom. The highest BCUT2D eigenvalue weighted by molar-refractivity contribution is 7.88. The molecule has 1 heterocycles. The van der Waals surface area contributed by atoms with Gasteiger partial charge in [0.05, 0.1) is 5.56 Å². The Bertz CT molecular complexity index is 3320. The van der Waals surface area contributed by atoms with E-state index in [0.717, 1.165) is 48.5 Å². The van der Waals surface area contributed by atoms with Gasteiger partial charge in [-0.25, -0.2) is 15.0 Å². The van der Waals surface area contributed by atoms with Crippen molar-refractivity contribution in [2.75, 3.05) is 0 Å². The number of hydrogen-bond donors (Lipinski definition) is 0. The maximum atomic E-state index is 14.0. The van der Waals surface area contributed by atoms with Gasteiger partial charge in [-0.05, 0) is 82.8 Å². The van der Waals surface area contributed by atoms with Crippen LogP contribution >= 0.6 is 0 Å². The van der Waals surface area contributed by atoms with Gasteiger partial charge in [-0.15, -0.1) is 0 Å². The van der Waals surface area contributed by atoms with E-state index in [-0.39, 0.29) is 23.0 Å². The summed E-state index contributed by atoms with van der Waals surface area (Å²) in [6.07, 6.45) is 0. The summed E-state index contributed by atoms with van der Waals surface area (Å²) in [6.45, 7) is 0. The second-order valence-corrected chi connectivity index (χ2v) is 15.0. The fourth-order valence-corrected chi connectivity index (χ4v) is 8.20. The van der Waals surface area contributed by atoms with E-state index in [9.17, 15) is 21.6 Å². The SMILES string of the molecule is O=S(=O)(Oc1cc2c3ccccc3c3ccccc3c2cc1-c1nc(-c2ccccc2)nc(-c2ccc3c4ccccc4c4ccccc4c3c2)n1)C(F)(F)F. The van der Waals surface area contributed by atoms with Gasteiger partial charge in [0.15, 0.2) is 23.2 Å². The van der Waals surface area contributed by atoms with E-state index >= 15 is 0 Å². The Hall–Kier alpha value is -6.91. The maximum Gasteiger partial charge on any atom is 0.534 e. The zero-order chi connectivity index (χ0) is 38.2. The Morgan fingerprint density at radius 3 is 1.25 bits per heavy atom. The molecule has 270 valence electrons. The average Bonchev–Trinajstić information content (AvgIpc) is 3.23. The molecule has 0 radical (unpaired) electrons. The van der Waals surface area contributed by atoms with E-state index < -0.39 is 21.4 Å². The van der Waals surface area contributed by atoms with Crippen LogP contribution in [0, 0.1) is 0 Å². The molecule has 10 rings (SSSR count). The molecule has 0 saturated carbocycles. The molecular weight excluding hydrogens is 732 g/mol. The van der Waals surface area contributed by atoms with Crippen molar-refractivity contribution in [3.63, 3.8) is 0 Å². The van der Waals surface area contributed by atoms with Crippen LogP contribution in [0.25, 0.3) is 98.8 Å². The lowest BCUT2D eigenvalue weighted by molar-refractivity contribution is -0.0499. The number of benzene rings is 9. The normalized spacial score (nSPS) is 12.3. The van der Waals surface area contributed by atoms with E-state index in [1.165, 1.54) is 6.07 Å². The number of halogens is 3. The number of fused-ring (bicyclic) bond motifs is 12. The van der Waals surface area contributed by atoms with Crippen LogP contribution in [-0.4, -0.2) is 28.9 Å². The van der Waals surface area contributed by atoms with Crippen molar-refractivity contribution >= 4 is 74.8 Å². The number of aromatic nitrogens is 3. The van der Waals surface area contributed by atoms with Crippen molar-refractivity contribution in [1.29, 1.82) is 0 Å². The monoisotopic (exact) mass is 757 g/mol. The Labute approximate surface area is 317 Å². The van der Waals surface area contributed by atoms with Crippen LogP contribution in [0.15, 0.2) is 158 Å². The first-order valence-corrected chi connectivity index (χ1v) is 19.1. The lowest BCUT2D eigenvalue weighted by atomic mass is 9.92. The molecule has 56 heavy (non-hydrogen) atoms. The predicted molar refractivity (Wildman–Crippen MR) is 217 cm³/mol. The first kappa shape index (κ1) is 33.6. The second kappa shape index (κ2) is 12.6. The molecule has 0 saturated heterocycles. The van der Waals surface area contributed by atoms with Crippen molar-refractivity contribution in [3.05, 3.63) is 158 Å². The Kier molecular flexibility index (Phi) is 7.55. The number of nitrogens with zero attached hydrogens (tertiary/aromatic N) is 3. The van der Waals surface area contributed by atoms with E-state index in [4.69, 9.17) is 19.1 Å². The van der Waals surface area contributed by atoms with Gasteiger partial charge in [-0.2, -0.15) is 21.6 Å². The van der Waals surface area contributed by atoms with Gasteiger partial charge in [0, 0.05) is 11.1 Å². The van der Waals surface area contributed by atoms with Crippen LogP contribution in [0.1, 0.15) is 0 Å². The van der Waals surface area contributed by atoms with Crippen LogP contribution < -0.4 is 4.18 Å². The van der Waals surface area contributed by atoms with Gasteiger partial charge >= 0.3 is 15.6 Å². The first-order valence-electron chi connectivity index (χ1n) is 17.7. The quantitative estimate of drug-likeness (QED) is 0.0988. The highest BCUT2D eigenvalue weighted by atomic mass is 32.2. The van der Waals surface area contributed by atoms with Crippen molar-refractivity contribution in [2.45, 2.75) is 5.51 Å². The van der Waals surface area contributed by atoms with Gasteiger partial charge in [0.1, 0.15) is 0 Å². The van der Waals surface area contributed by atoms with Crippen LogP contribution in [0.3, 0.4) is 0 Å². The fourth-order valence-electron chi connectivity index (χ4n) is 7.73. The summed E-state index contributed by atoms with van der Waals surface area (Å²) >= 11 is 0. The van der Waals surface area contributed by atoms with Crippen LogP contribution in [0.2, 0.25) is 0 Å². The maximum absolute atomic E-state index is 14.0. The topological polar surface area (TPSA) is 82.0 Å². The molecule has 0 N–H and O–H groups in total. The summed E-state index contributed by atoms with van der Waals surface area (Å²) in [5, 5.41) is 10.7. The van der Waals surface area contributed by atoms with Crippen molar-refractivity contribution in [1.82, 2.24) is 15.0 Å². The lowest BCUT2D eigenvalue weighted by Gasteiger charge is -2.17. The van der Waals surface area contributed by atoms with Gasteiger partial charge in [0.25, 0.3) is 0 Å². The largest absolute Gasteiger partial charge is 0.534 e. The third-order valence-electron chi connectivity index (χ3n) is 10.2. The highest BCUT2D eigenvalue weighted by Gasteiger charge is 2.49. The number of hydrogen-bond acceptors (Lipinski definition) is 6. The highest BCUT2D eigenvalue weighted by Crippen LogP contribution is 2.43. The molecule has 0 atom stereocenters. The molecule has 0 unspecified atom stereocenters. The van der Waals surface area contributed by atoms with E-state index in [2.05, 4.69) is 24.3 Å². The molecule has 10 heteroatoms. The van der Waals surface area contributed by atoms with Gasteiger partial charge in [-0.3, -0.25) is 0 Å². The third kappa shape index (κ3) is 5.40.